The Labute approximate surface area is 160 Å². The van der Waals surface area contributed by atoms with Gasteiger partial charge in [0.25, 0.3) is 0 Å². The first-order chi connectivity index (χ1) is 11.3. The van der Waals surface area contributed by atoms with Gasteiger partial charge in [0.2, 0.25) is 0 Å². The van der Waals surface area contributed by atoms with Crippen LogP contribution in [-0.4, -0.2) is 30.8 Å². The first-order valence-corrected chi connectivity index (χ1v) is 7.76. The van der Waals surface area contributed by atoms with E-state index in [-0.39, 0.29) is 29.7 Å². The van der Waals surface area contributed by atoms with E-state index >= 15 is 0 Å². The Balaban J connectivity index is 0.00000288. The van der Waals surface area contributed by atoms with Crippen molar-refractivity contribution in [2.24, 2.45) is 4.99 Å². The molecular weight excluding hydrogens is 417 g/mol. The van der Waals surface area contributed by atoms with Gasteiger partial charge in [0.1, 0.15) is 18.1 Å². The van der Waals surface area contributed by atoms with Gasteiger partial charge in [0.15, 0.2) is 5.96 Å². The van der Waals surface area contributed by atoms with Gasteiger partial charge < -0.3 is 20.5 Å². The molecule has 6 heteroatoms. The van der Waals surface area contributed by atoms with Gasteiger partial charge in [-0.15, -0.1) is 24.0 Å². The van der Waals surface area contributed by atoms with Crippen molar-refractivity contribution in [3.8, 4) is 11.5 Å². The van der Waals surface area contributed by atoms with E-state index in [1.165, 1.54) is 0 Å². The highest BCUT2D eigenvalue weighted by Crippen LogP contribution is 2.10. The molecule has 130 valence electrons. The number of nitrogens with zero attached hydrogens (tertiary/aromatic N) is 1. The van der Waals surface area contributed by atoms with Gasteiger partial charge in [0.05, 0.1) is 13.1 Å². The summed E-state index contributed by atoms with van der Waals surface area (Å²) in [6.07, 6.45) is 0. The Kier molecular flexibility index (Phi) is 9.67. The molecule has 0 aliphatic heterocycles. The molecule has 0 aliphatic carbocycles. The zero-order valence-corrected chi connectivity index (χ0v) is 16.1. The van der Waals surface area contributed by atoms with Crippen LogP contribution in [0.4, 0.5) is 0 Å². The lowest BCUT2D eigenvalue weighted by Crippen LogP contribution is -2.39. The molecule has 0 saturated carbocycles. The van der Waals surface area contributed by atoms with Crippen molar-refractivity contribution in [3.63, 3.8) is 0 Å². The highest BCUT2D eigenvalue weighted by Gasteiger charge is 1.98. The average molecular weight is 441 g/mol. The molecule has 0 saturated heterocycles. The van der Waals surface area contributed by atoms with E-state index in [0.29, 0.717) is 19.7 Å². The summed E-state index contributed by atoms with van der Waals surface area (Å²) in [5, 5.41) is 15.7. The highest BCUT2D eigenvalue weighted by atomic mass is 127. The molecule has 0 spiro atoms. The Bertz CT molecular complexity index is 603. The molecule has 2 rings (SSSR count). The summed E-state index contributed by atoms with van der Waals surface area (Å²) in [6, 6.07) is 16.8. The number of guanidine groups is 1. The molecule has 0 bridgehead atoms. The molecule has 2 aromatic rings. The summed E-state index contributed by atoms with van der Waals surface area (Å²) in [4.78, 5) is 4.52. The first-order valence-electron chi connectivity index (χ1n) is 7.76. The molecule has 0 heterocycles. The smallest absolute Gasteiger partial charge is 0.191 e. The lowest BCUT2D eigenvalue weighted by molar-refractivity contribution is 0.322. The number of aliphatic imine (C=N–C) groups is 1. The van der Waals surface area contributed by atoms with Crippen molar-refractivity contribution in [2.75, 3.05) is 19.7 Å². The van der Waals surface area contributed by atoms with E-state index in [1.54, 1.807) is 12.1 Å². The molecule has 0 unspecified atom stereocenters. The number of hydrogen-bond acceptors (Lipinski definition) is 3. The zero-order valence-electron chi connectivity index (χ0n) is 13.7. The molecule has 24 heavy (non-hydrogen) atoms. The van der Waals surface area contributed by atoms with Crippen LogP contribution in [0.25, 0.3) is 0 Å². The van der Waals surface area contributed by atoms with Gasteiger partial charge in [-0.1, -0.05) is 30.3 Å². The minimum absolute atomic E-state index is 0. The average Bonchev–Trinajstić information content (AvgIpc) is 2.59. The standard InChI is InChI=1S/C18H23N3O2.HI/c1-2-19-18(21-14-15-8-10-16(22)11-9-15)20-12-13-23-17-6-4-3-5-7-17;/h3-11,22H,2,12-14H2,1H3,(H2,19,20,21);1H. The highest BCUT2D eigenvalue weighted by molar-refractivity contribution is 14.0. The Hall–Kier alpha value is -1.96. The monoisotopic (exact) mass is 441 g/mol. The zero-order chi connectivity index (χ0) is 16.3. The fourth-order valence-electron chi connectivity index (χ4n) is 1.97. The number of benzene rings is 2. The first kappa shape index (κ1) is 20.1. The number of phenols is 1. The second-order valence-corrected chi connectivity index (χ2v) is 4.95. The SMILES string of the molecule is CCNC(=NCc1ccc(O)cc1)NCCOc1ccccc1.I. The summed E-state index contributed by atoms with van der Waals surface area (Å²) in [7, 11) is 0. The molecule has 5 nitrogen and oxygen atoms in total. The van der Waals surface area contributed by atoms with E-state index in [9.17, 15) is 5.11 Å². The largest absolute Gasteiger partial charge is 0.508 e. The number of ether oxygens (including phenoxy) is 1. The summed E-state index contributed by atoms with van der Waals surface area (Å²) < 4.78 is 5.64. The van der Waals surface area contributed by atoms with Crippen LogP contribution in [0, 0.1) is 0 Å². The van der Waals surface area contributed by atoms with E-state index in [2.05, 4.69) is 15.6 Å². The molecule has 0 radical (unpaired) electrons. The maximum Gasteiger partial charge on any atom is 0.191 e. The number of rotatable bonds is 7. The molecule has 0 fully saturated rings. The van der Waals surface area contributed by atoms with Crippen LogP contribution in [-0.2, 0) is 6.54 Å². The minimum Gasteiger partial charge on any atom is -0.508 e. The van der Waals surface area contributed by atoms with Crippen molar-refractivity contribution in [3.05, 3.63) is 60.2 Å². The lowest BCUT2D eigenvalue weighted by atomic mass is 10.2. The van der Waals surface area contributed by atoms with Crippen molar-refractivity contribution < 1.29 is 9.84 Å². The third kappa shape index (κ3) is 7.54. The lowest BCUT2D eigenvalue weighted by Gasteiger charge is -2.12. The topological polar surface area (TPSA) is 65.9 Å². The van der Waals surface area contributed by atoms with Crippen LogP contribution < -0.4 is 15.4 Å². The third-order valence-corrected chi connectivity index (χ3v) is 3.11. The van der Waals surface area contributed by atoms with Crippen molar-refractivity contribution in [1.29, 1.82) is 0 Å². The number of phenolic OH excluding ortho intramolecular Hbond substituents is 1. The summed E-state index contributed by atoms with van der Waals surface area (Å²) >= 11 is 0. The Morgan fingerprint density at radius 1 is 1.04 bits per heavy atom. The van der Waals surface area contributed by atoms with Crippen LogP contribution in [0.5, 0.6) is 11.5 Å². The van der Waals surface area contributed by atoms with Gasteiger partial charge in [0, 0.05) is 6.54 Å². The van der Waals surface area contributed by atoms with Crippen molar-refractivity contribution in [1.82, 2.24) is 10.6 Å². The van der Waals surface area contributed by atoms with Crippen LogP contribution in [0.15, 0.2) is 59.6 Å². The van der Waals surface area contributed by atoms with Gasteiger partial charge in [-0.25, -0.2) is 4.99 Å². The van der Waals surface area contributed by atoms with Crippen molar-refractivity contribution >= 4 is 29.9 Å². The van der Waals surface area contributed by atoms with Gasteiger partial charge in [-0.3, -0.25) is 0 Å². The van der Waals surface area contributed by atoms with Crippen molar-refractivity contribution in [2.45, 2.75) is 13.5 Å². The van der Waals surface area contributed by atoms with Crippen LogP contribution >= 0.6 is 24.0 Å². The molecular formula is C18H24IN3O2. The molecule has 0 aromatic heterocycles. The summed E-state index contributed by atoms with van der Waals surface area (Å²) in [6.45, 7) is 4.60. The quantitative estimate of drug-likeness (QED) is 0.267. The summed E-state index contributed by atoms with van der Waals surface area (Å²) in [5.74, 6) is 1.87. The molecule has 2 aromatic carbocycles. The maximum absolute atomic E-state index is 9.28. The maximum atomic E-state index is 9.28. The summed E-state index contributed by atoms with van der Waals surface area (Å²) in [5.41, 5.74) is 1.04. The number of hydrogen-bond donors (Lipinski definition) is 3. The molecule has 0 atom stereocenters. The number of nitrogens with one attached hydrogen (secondary N) is 2. The second kappa shape index (κ2) is 11.6. The minimum atomic E-state index is 0. The number of aromatic hydroxyl groups is 1. The van der Waals surface area contributed by atoms with Crippen LogP contribution in [0.3, 0.4) is 0 Å². The molecule has 3 N–H and O–H groups in total. The normalized spacial score (nSPS) is 10.6. The van der Waals surface area contributed by atoms with E-state index in [4.69, 9.17) is 4.74 Å². The fraction of sp³-hybridized carbons (Fsp3) is 0.278. The number of halogens is 1. The van der Waals surface area contributed by atoms with Gasteiger partial charge in [-0.05, 0) is 36.8 Å². The van der Waals surface area contributed by atoms with Crippen LogP contribution in [0.1, 0.15) is 12.5 Å². The third-order valence-electron chi connectivity index (χ3n) is 3.11. The number of para-hydroxylation sites is 1. The van der Waals surface area contributed by atoms with Gasteiger partial charge >= 0.3 is 0 Å². The van der Waals surface area contributed by atoms with E-state index in [0.717, 1.165) is 23.8 Å². The predicted molar refractivity (Wildman–Crippen MR) is 108 cm³/mol. The second-order valence-electron chi connectivity index (χ2n) is 4.95. The fourth-order valence-corrected chi connectivity index (χ4v) is 1.97. The predicted octanol–water partition coefficient (Wildman–Crippen LogP) is 3.14. The van der Waals surface area contributed by atoms with E-state index < -0.39 is 0 Å². The molecule has 0 amide bonds. The van der Waals surface area contributed by atoms with Crippen LogP contribution in [0.2, 0.25) is 0 Å². The molecule has 0 aliphatic rings. The van der Waals surface area contributed by atoms with E-state index in [1.807, 2.05) is 49.4 Å². The van der Waals surface area contributed by atoms with Gasteiger partial charge in [-0.2, -0.15) is 0 Å². The Morgan fingerprint density at radius 3 is 2.42 bits per heavy atom. The Morgan fingerprint density at radius 2 is 1.75 bits per heavy atom.